The molecule has 0 aliphatic carbocycles. The average molecular weight is 233 g/mol. The highest BCUT2D eigenvalue weighted by atomic mass is 16.5. The van der Waals surface area contributed by atoms with Gasteiger partial charge in [-0.3, -0.25) is 9.79 Å². The van der Waals surface area contributed by atoms with Gasteiger partial charge in [-0.1, -0.05) is 43.7 Å². The zero-order valence-corrected chi connectivity index (χ0v) is 10.5. The molecule has 0 unspecified atom stereocenters. The van der Waals surface area contributed by atoms with E-state index in [0.717, 1.165) is 24.1 Å². The molecule has 0 aliphatic rings. The number of ether oxygens (including phenoxy) is 1. The molecule has 0 saturated carbocycles. The molecule has 0 amide bonds. The molecule has 0 saturated heterocycles. The minimum Gasteiger partial charge on any atom is -0.469 e. The Bertz CT molecular complexity index is 371. The molecule has 0 radical (unpaired) electrons. The Morgan fingerprint density at radius 2 is 2.00 bits per heavy atom. The summed E-state index contributed by atoms with van der Waals surface area (Å²) in [5.41, 5.74) is 2.08. The number of carbonyl (C=O) groups excluding carboxylic acids is 1. The van der Waals surface area contributed by atoms with Crippen LogP contribution in [0.1, 0.15) is 31.7 Å². The molecular formula is C14H19NO2. The third-order valence-electron chi connectivity index (χ3n) is 2.44. The number of nitrogens with zero attached hydrogens (tertiary/aromatic N) is 1. The molecule has 0 N–H and O–H groups in total. The summed E-state index contributed by atoms with van der Waals surface area (Å²) in [6.07, 6.45) is 2.14. The maximum atomic E-state index is 11.2. The molecule has 0 atom stereocenters. The quantitative estimate of drug-likeness (QED) is 0.559. The minimum absolute atomic E-state index is 0.217. The molecule has 0 heterocycles. The van der Waals surface area contributed by atoms with Crippen molar-refractivity contribution in [2.24, 2.45) is 4.99 Å². The van der Waals surface area contributed by atoms with Crippen molar-refractivity contribution in [3.63, 3.8) is 0 Å². The van der Waals surface area contributed by atoms with Gasteiger partial charge in [0, 0.05) is 5.71 Å². The SMILES string of the molecule is CCCC(CC(=O)OC)=NCc1ccccc1. The number of aliphatic imine (C=N–C) groups is 1. The number of rotatable bonds is 6. The van der Waals surface area contributed by atoms with Gasteiger partial charge in [0.25, 0.3) is 0 Å². The Labute approximate surface area is 103 Å². The third kappa shape index (κ3) is 5.29. The monoisotopic (exact) mass is 233 g/mol. The Hall–Kier alpha value is -1.64. The summed E-state index contributed by atoms with van der Waals surface area (Å²) in [6.45, 7) is 2.71. The Kier molecular flexibility index (Phi) is 6.00. The van der Waals surface area contributed by atoms with Gasteiger partial charge >= 0.3 is 5.97 Å². The van der Waals surface area contributed by atoms with Gasteiger partial charge < -0.3 is 4.74 Å². The molecule has 1 rings (SSSR count). The van der Waals surface area contributed by atoms with E-state index in [9.17, 15) is 4.79 Å². The van der Waals surface area contributed by atoms with Crippen LogP contribution in [0.15, 0.2) is 35.3 Å². The molecule has 0 fully saturated rings. The number of hydrogen-bond donors (Lipinski definition) is 0. The van der Waals surface area contributed by atoms with Crippen molar-refractivity contribution < 1.29 is 9.53 Å². The van der Waals surface area contributed by atoms with Crippen molar-refractivity contribution in [2.75, 3.05) is 7.11 Å². The zero-order valence-electron chi connectivity index (χ0n) is 10.5. The van der Waals surface area contributed by atoms with Crippen molar-refractivity contribution in [3.8, 4) is 0 Å². The molecule has 0 bridgehead atoms. The lowest BCUT2D eigenvalue weighted by atomic mass is 10.1. The van der Waals surface area contributed by atoms with Gasteiger partial charge in [-0.05, 0) is 12.0 Å². The van der Waals surface area contributed by atoms with Crippen molar-refractivity contribution in [2.45, 2.75) is 32.7 Å². The van der Waals surface area contributed by atoms with Crippen molar-refractivity contribution in [1.82, 2.24) is 0 Å². The molecule has 0 aliphatic heterocycles. The van der Waals surface area contributed by atoms with Crippen LogP contribution in [0.4, 0.5) is 0 Å². The van der Waals surface area contributed by atoms with Crippen LogP contribution in [0.3, 0.4) is 0 Å². The van der Waals surface area contributed by atoms with Crippen LogP contribution in [0.2, 0.25) is 0 Å². The Morgan fingerprint density at radius 1 is 1.29 bits per heavy atom. The lowest BCUT2D eigenvalue weighted by molar-refractivity contribution is -0.139. The fourth-order valence-electron chi connectivity index (χ4n) is 1.54. The summed E-state index contributed by atoms with van der Waals surface area (Å²) in [4.78, 5) is 15.7. The van der Waals surface area contributed by atoms with Gasteiger partial charge in [-0.15, -0.1) is 0 Å². The zero-order chi connectivity index (χ0) is 12.5. The Morgan fingerprint density at radius 3 is 2.59 bits per heavy atom. The predicted octanol–water partition coefficient (Wildman–Crippen LogP) is 2.99. The number of hydrogen-bond acceptors (Lipinski definition) is 3. The van der Waals surface area contributed by atoms with E-state index in [1.807, 2.05) is 30.3 Å². The Balaban J connectivity index is 2.60. The molecule has 17 heavy (non-hydrogen) atoms. The van der Waals surface area contributed by atoms with Gasteiger partial charge in [-0.2, -0.15) is 0 Å². The topological polar surface area (TPSA) is 38.7 Å². The summed E-state index contributed by atoms with van der Waals surface area (Å²) in [6, 6.07) is 10.0. The average Bonchev–Trinajstić information content (AvgIpc) is 2.37. The first kappa shape index (κ1) is 13.4. The normalized spacial score (nSPS) is 11.3. The van der Waals surface area contributed by atoms with Crippen LogP contribution in [-0.4, -0.2) is 18.8 Å². The van der Waals surface area contributed by atoms with Gasteiger partial charge in [-0.25, -0.2) is 0 Å². The summed E-state index contributed by atoms with van der Waals surface area (Å²) in [7, 11) is 1.41. The molecule has 3 nitrogen and oxygen atoms in total. The summed E-state index contributed by atoms with van der Waals surface area (Å²) < 4.78 is 4.66. The van der Waals surface area contributed by atoms with E-state index in [4.69, 9.17) is 0 Å². The minimum atomic E-state index is -0.217. The number of carbonyl (C=O) groups is 1. The highest BCUT2D eigenvalue weighted by molar-refractivity contribution is 5.98. The van der Waals surface area contributed by atoms with Crippen molar-refractivity contribution in [1.29, 1.82) is 0 Å². The van der Waals surface area contributed by atoms with E-state index in [1.165, 1.54) is 7.11 Å². The maximum Gasteiger partial charge on any atom is 0.311 e. The third-order valence-corrected chi connectivity index (χ3v) is 2.44. The summed E-state index contributed by atoms with van der Waals surface area (Å²) in [5, 5.41) is 0. The molecular weight excluding hydrogens is 214 g/mol. The van der Waals surface area contributed by atoms with Gasteiger partial charge in [0.2, 0.25) is 0 Å². The molecule has 1 aromatic carbocycles. The highest BCUT2D eigenvalue weighted by Crippen LogP contribution is 2.05. The van der Waals surface area contributed by atoms with E-state index in [2.05, 4.69) is 16.7 Å². The van der Waals surface area contributed by atoms with Gasteiger partial charge in [0.1, 0.15) is 0 Å². The van der Waals surface area contributed by atoms with Crippen molar-refractivity contribution >= 4 is 11.7 Å². The van der Waals surface area contributed by atoms with Gasteiger partial charge in [0.05, 0.1) is 20.1 Å². The molecule has 0 spiro atoms. The second-order valence-electron chi connectivity index (χ2n) is 3.87. The van der Waals surface area contributed by atoms with Crippen LogP contribution >= 0.6 is 0 Å². The highest BCUT2D eigenvalue weighted by Gasteiger charge is 2.06. The van der Waals surface area contributed by atoms with E-state index in [1.54, 1.807) is 0 Å². The second kappa shape index (κ2) is 7.60. The van der Waals surface area contributed by atoms with E-state index < -0.39 is 0 Å². The molecule has 0 aromatic heterocycles. The van der Waals surface area contributed by atoms with Crippen LogP contribution < -0.4 is 0 Å². The fourth-order valence-corrected chi connectivity index (χ4v) is 1.54. The van der Waals surface area contributed by atoms with E-state index >= 15 is 0 Å². The number of methoxy groups -OCH3 is 1. The van der Waals surface area contributed by atoms with Crippen molar-refractivity contribution in [3.05, 3.63) is 35.9 Å². The molecule has 1 aromatic rings. The van der Waals surface area contributed by atoms with E-state index in [-0.39, 0.29) is 5.97 Å². The smallest absolute Gasteiger partial charge is 0.311 e. The maximum absolute atomic E-state index is 11.2. The lowest BCUT2D eigenvalue weighted by Crippen LogP contribution is -2.09. The first-order valence-electron chi connectivity index (χ1n) is 5.89. The standard InChI is InChI=1S/C14H19NO2/c1-3-7-13(10-14(16)17-2)15-11-12-8-5-4-6-9-12/h4-6,8-9H,3,7,10-11H2,1-2H3. The summed E-state index contributed by atoms with van der Waals surface area (Å²) >= 11 is 0. The molecule has 3 heteroatoms. The van der Waals surface area contributed by atoms with Crippen LogP contribution in [-0.2, 0) is 16.1 Å². The number of esters is 1. The molecule has 92 valence electrons. The largest absolute Gasteiger partial charge is 0.469 e. The lowest BCUT2D eigenvalue weighted by Gasteiger charge is -2.04. The van der Waals surface area contributed by atoms with Crippen LogP contribution in [0, 0.1) is 0 Å². The predicted molar refractivity (Wildman–Crippen MR) is 69.1 cm³/mol. The number of benzene rings is 1. The second-order valence-corrected chi connectivity index (χ2v) is 3.87. The fraction of sp³-hybridized carbons (Fsp3) is 0.429. The first-order chi connectivity index (χ1) is 8.26. The van der Waals surface area contributed by atoms with Crippen LogP contribution in [0.25, 0.3) is 0 Å². The summed E-state index contributed by atoms with van der Waals surface area (Å²) in [5.74, 6) is -0.217. The van der Waals surface area contributed by atoms with Crippen LogP contribution in [0.5, 0.6) is 0 Å². The first-order valence-corrected chi connectivity index (χ1v) is 5.89. The van der Waals surface area contributed by atoms with Gasteiger partial charge in [0.15, 0.2) is 0 Å². The van der Waals surface area contributed by atoms with E-state index in [0.29, 0.717) is 13.0 Å².